The van der Waals surface area contributed by atoms with Crippen molar-refractivity contribution in [2.24, 2.45) is 0 Å². The maximum atomic E-state index is 12.3. The van der Waals surface area contributed by atoms with Crippen LogP contribution in [-0.4, -0.2) is 15.9 Å². The SMILES string of the molecule is CC[C@](C)(NC(=O)c1ccc(Cl)nc1)c1nc(C)cs1. The second-order valence-corrected chi connectivity index (χ2v) is 6.05. The summed E-state index contributed by atoms with van der Waals surface area (Å²) in [6, 6.07) is 3.27. The molecule has 0 aliphatic carbocycles. The molecule has 0 bridgehead atoms. The molecule has 0 aromatic carbocycles. The number of carbonyl (C=O) groups is 1. The van der Waals surface area contributed by atoms with E-state index in [9.17, 15) is 4.79 Å². The Kier molecular flexibility index (Phi) is 4.40. The zero-order valence-electron chi connectivity index (χ0n) is 11.6. The highest BCUT2D eigenvalue weighted by Gasteiger charge is 2.30. The number of hydrogen-bond donors (Lipinski definition) is 1. The molecular formula is C14H16ClN3OS. The van der Waals surface area contributed by atoms with Crippen LogP contribution in [0.25, 0.3) is 0 Å². The van der Waals surface area contributed by atoms with Crippen LogP contribution in [-0.2, 0) is 5.54 Å². The first-order valence-electron chi connectivity index (χ1n) is 6.31. The molecule has 1 amide bonds. The van der Waals surface area contributed by atoms with Gasteiger partial charge in [-0.15, -0.1) is 11.3 Å². The van der Waals surface area contributed by atoms with E-state index in [2.05, 4.69) is 15.3 Å². The molecule has 2 heterocycles. The fourth-order valence-corrected chi connectivity index (χ4v) is 2.83. The van der Waals surface area contributed by atoms with E-state index >= 15 is 0 Å². The number of pyridine rings is 1. The minimum atomic E-state index is -0.477. The minimum absolute atomic E-state index is 0.175. The Labute approximate surface area is 127 Å². The fourth-order valence-electron chi connectivity index (χ4n) is 1.73. The van der Waals surface area contributed by atoms with Crippen LogP contribution in [0.4, 0.5) is 0 Å². The number of amides is 1. The summed E-state index contributed by atoms with van der Waals surface area (Å²) < 4.78 is 0. The van der Waals surface area contributed by atoms with Crippen molar-refractivity contribution in [3.05, 3.63) is 45.1 Å². The number of thiazole rings is 1. The van der Waals surface area contributed by atoms with Gasteiger partial charge in [0, 0.05) is 17.3 Å². The lowest BCUT2D eigenvalue weighted by Crippen LogP contribution is -2.43. The molecule has 20 heavy (non-hydrogen) atoms. The number of hydrogen-bond acceptors (Lipinski definition) is 4. The molecule has 0 fully saturated rings. The third kappa shape index (κ3) is 3.16. The van der Waals surface area contributed by atoms with Crippen LogP contribution in [0.15, 0.2) is 23.7 Å². The molecular weight excluding hydrogens is 294 g/mol. The van der Waals surface area contributed by atoms with Crippen molar-refractivity contribution in [1.29, 1.82) is 0 Å². The molecule has 6 heteroatoms. The molecule has 0 radical (unpaired) electrons. The molecule has 106 valence electrons. The largest absolute Gasteiger partial charge is 0.340 e. The van der Waals surface area contributed by atoms with Crippen molar-refractivity contribution in [2.75, 3.05) is 0 Å². The monoisotopic (exact) mass is 309 g/mol. The van der Waals surface area contributed by atoms with Crippen LogP contribution < -0.4 is 5.32 Å². The fraction of sp³-hybridized carbons (Fsp3) is 0.357. The first-order valence-corrected chi connectivity index (χ1v) is 7.57. The predicted molar refractivity (Wildman–Crippen MR) is 81.2 cm³/mol. The van der Waals surface area contributed by atoms with Crippen LogP contribution in [0, 0.1) is 6.92 Å². The van der Waals surface area contributed by atoms with E-state index in [1.165, 1.54) is 6.20 Å². The van der Waals surface area contributed by atoms with E-state index in [0.717, 1.165) is 17.1 Å². The highest BCUT2D eigenvalue weighted by Crippen LogP contribution is 2.27. The Hall–Kier alpha value is -1.46. The molecule has 2 rings (SSSR count). The van der Waals surface area contributed by atoms with Crippen molar-refractivity contribution >= 4 is 28.8 Å². The molecule has 4 nitrogen and oxygen atoms in total. The van der Waals surface area contributed by atoms with Crippen LogP contribution >= 0.6 is 22.9 Å². The van der Waals surface area contributed by atoms with Gasteiger partial charge in [0.2, 0.25) is 0 Å². The quantitative estimate of drug-likeness (QED) is 0.879. The summed E-state index contributed by atoms with van der Waals surface area (Å²) in [5.41, 5.74) is 0.977. The van der Waals surface area contributed by atoms with Gasteiger partial charge in [-0.3, -0.25) is 4.79 Å². The molecule has 0 spiro atoms. The van der Waals surface area contributed by atoms with Crippen molar-refractivity contribution in [1.82, 2.24) is 15.3 Å². The Morgan fingerprint density at radius 2 is 2.25 bits per heavy atom. The van der Waals surface area contributed by atoms with Gasteiger partial charge in [0.1, 0.15) is 10.2 Å². The molecule has 0 aliphatic heterocycles. The zero-order valence-corrected chi connectivity index (χ0v) is 13.2. The van der Waals surface area contributed by atoms with Crippen molar-refractivity contribution in [2.45, 2.75) is 32.7 Å². The summed E-state index contributed by atoms with van der Waals surface area (Å²) in [7, 11) is 0. The number of rotatable bonds is 4. The second kappa shape index (κ2) is 5.89. The van der Waals surface area contributed by atoms with E-state index in [1.54, 1.807) is 23.5 Å². The van der Waals surface area contributed by atoms with E-state index < -0.39 is 5.54 Å². The molecule has 1 N–H and O–H groups in total. The highest BCUT2D eigenvalue weighted by molar-refractivity contribution is 7.09. The van der Waals surface area contributed by atoms with Crippen molar-refractivity contribution < 1.29 is 4.79 Å². The normalized spacial score (nSPS) is 13.8. The lowest BCUT2D eigenvalue weighted by Gasteiger charge is -2.27. The van der Waals surface area contributed by atoms with Gasteiger partial charge in [-0.2, -0.15) is 0 Å². The van der Waals surface area contributed by atoms with E-state index in [4.69, 9.17) is 11.6 Å². The third-order valence-electron chi connectivity index (χ3n) is 3.18. The van der Waals surface area contributed by atoms with Gasteiger partial charge in [0.05, 0.1) is 11.1 Å². The number of nitrogens with one attached hydrogen (secondary N) is 1. The topological polar surface area (TPSA) is 54.9 Å². The van der Waals surface area contributed by atoms with Gasteiger partial charge in [-0.25, -0.2) is 9.97 Å². The summed E-state index contributed by atoms with van der Waals surface area (Å²) >= 11 is 7.28. The molecule has 2 aromatic rings. The number of halogens is 1. The van der Waals surface area contributed by atoms with Gasteiger partial charge in [0.25, 0.3) is 5.91 Å². The Morgan fingerprint density at radius 3 is 2.75 bits per heavy atom. The van der Waals surface area contributed by atoms with Crippen LogP contribution in [0.3, 0.4) is 0 Å². The number of nitrogens with zero attached hydrogens (tertiary/aromatic N) is 2. The summed E-state index contributed by atoms with van der Waals surface area (Å²) in [6.07, 6.45) is 2.23. The van der Waals surface area contributed by atoms with Crippen LogP contribution in [0.5, 0.6) is 0 Å². The average molecular weight is 310 g/mol. The van der Waals surface area contributed by atoms with Crippen LogP contribution in [0.2, 0.25) is 5.15 Å². The van der Waals surface area contributed by atoms with Crippen molar-refractivity contribution in [3.63, 3.8) is 0 Å². The highest BCUT2D eigenvalue weighted by atomic mass is 35.5. The zero-order chi connectivity index (χ0) is 14.8. The second-order valence-electron chi connectivity index (χ2n) is 4.80. The van der Waals surface area contributed by atoms with Gasteiger partial charge < -0.3 is 5.32 Å². The minimum Gasteiger partial charge on any atom is -0.340 e. The predicted octanol–water partition coefficient (Wildman–Crippen LogP) is 3.56. The number of aromatic nitrogens is 2. The van der Waals surface area contributed by atoms with E-state index in [0.29, 0.717) is 10.7 Å². The standard InChI is InChI=1S/C14H16ClN3OS/c1-4-14(3,13-17-9(2)8-20-13)18-12(19)10-5-6-11(15)16-7-10/h5-8H,4H2,1-3H3,(H,18,19)/t14-/m0/s1. The van der Waals surface area contributed by atoms with Gasteiger partial charge >= 0.3 is 0 Å². The first-order chi connectivity index (χ1) is 9.44. The maximum absolute atomic E-state index is 12.3. The van der Waals surface area contributed by atoms with E-state index in [1.807, 2.05) is 26.2 Å². The molecule has 0 saturated heterocycles. The lowest BCUT2D eigenvalue weighted by molar-refractivity contribution is 0.0901. The first kappa shape index (κ1) is 14.9. The molecule has 0 aliphatic rings. The summed E-state index contributed by atoms with van der Waals surface area (Å²) in [4.78, 5) is 20.7. The van der Waals surface area contributed by atoms with Crippen LogP contribution in [0.1, 0.15) is 41.3 Å². The van der Waals surface area contributed by atoms with E-state index in [-0.39, 0.29) is 5.91 Å². The van der Waals surface area contributed by atoms with Gasteiger partial charge in [0.15, 0.2) is 0 Å². The summed E-state index contributed by atoms with van der Waals surface area (Å²) in [5.74, 6) is -0.175. The average Bonchev–Trinajstić information content (AvgIpc) is 2.86. The third-order valence-corrected chi connectivity index (χ3v) is 4.62. The Balaban J connectivity index is 2.21. The molecule has 1 atom stereocenters. The lowest BCUT2D eigenvalue weighted by atomic mass is 9.99. The number of carbonyl (C=O) groups excluding carboxylic acids is 1. The summed E-state index contributed by atoms with van der Waals surface area (Å²) in [5, 5.41) is 6.30. The molecule has 2 aromatic heterocycles. The Bertz CT molecular complexity index is 611. The Morgan fingerprint density at radius 1 is 1.50 bits per heavy atom. The number of aryl methyl sites for hydroxylation is 1. The van der Waals surface area contributed by atoms with Gasteiger partial charge in [-0.1, -0.05) is 18.5 Å². The smallest absolute Gasteiger partial charge is 0.253 e. The summed E-state index contributed by atoms with van der Waals surface area (Å²) in [6.45, 7) is 5.95. The molecule has 0 unspecified atom stereocenters. The van der Waals surface area contributed by atoms with Gasteiger partial charge in [-0.05, 0) is 32.4 Å². The van der Waals surface area contributed by atoms with Crippen molar-refractivity contribution in [3.8, 4) is 0 Å². The molecule has 0 saturated carbocycles. The maximum Gasteiger partial charge on any atom is 0.253 e.